The first-order valence-electron chi connectivity index (χ1n) is 14.3. The molecule has 1 atom stereocenters. The number of sulfonamides is 1. The lowest BCUT2D eigenvalue weighted by Gasteiger charge is -2.34. The van der Waals surface area contributed by atoms with Gasteiger partial charge in [-0.05, 0) is 61.6 Å². The first kappa shape index (κ1) is 30.6. The second-order valence-corrected chi connectivity index (χ2v) is 12.7. The van der Waals surface area contributed by atoms with Crippen LogP contribution in [-0.2, 0) is 26.0 Å². The summed E-state index contributed by atoms with van der Waals surface area (Å²) in [5, 5.41) is 3.52. The minimum atomic E-state index is -4.12. The Kier molecular flexibility index (Phi) is 10.8. The lowest BCUT2D eigenvalue weighted by Crippen LogP contribution is -2.54. The van der Waals surface area contributed by atoms with E-state index >= 15 is 0 Å². The largest absolute Gasteiger partial charge is 0.352 e. The van der Waals surface area contributed by atoms with Gasteiger partial charge in [-0.15, -0.1) is 0 Å². The monoisotopic (exact) mass is 595 g/mol. The predicted molar refractivity (Wildman–Crippen MR) is 163 cm³/mol. The SMILES string of the molecule is CC[C@H](C(=O)NC1CCCCC1)N(CCc1ccccc1)C(=O)CN(c1cccc(Cl)c1)S(=O)(=O)c1ccccc1. The van der Waals surface area contributed by atoms with Gasteiger partial charge >= 0.3 is 0 Å². The van der Waals surface area contributed by atoms with E-state index in [1.165, 1.54) is 24.6 Å². The van der Waals surface area contributed by atoms with Crippen molar-refractivity contribution in [3.63, 3.8) is 0 Å². The summed E-state index contributed by atoms with van der Waals surface area (Å²) in [5.74, 6) is -0.646. The summed E-state index contributed by atoms with van der Waals surface area (Å²) in [6, 6.07) is 23.5. The van der Waals surface area contributed by atoms with E-state index < -0.39 is 28.5 Å². The summed E-state index contributed by atoms with van der Waals surface area (Å²) < 4.78 is 28.8. The molecule has 1 aliphatic rings. The fourth-order valence-electron chi connectivity index (χ4n) is 5.32. The maximum atomic E-state index is 14.1. The molecule has 9 heteroatoms. The van der Waals surface area contributed by atoms with Crippen molar-refractivity contribution in [2.45, 2.75) is 68.8 Å². The molecule has 2 amide bonds. The highest BCUT2D eigenvalue weighted by Crippen LogP contribution is 2.27. The summed E-state index contributed by atoms with van der Waals surface area (Å²) >= 11 is 6.24. The molecule has 1 fully saturated rings. The number of carbonyl (C=O) groups is 2. The van der Waals surface area contributed by atoms with Crippen LogP contribution in [0.2, 0.25) is 5.02 Å². The van der Waals surface area contributed by atoms with Gasteiger partial charge in [0.25, 0.3) is 10.0 Å². The summed E-state index contributed by atoms with van der Waals surface area (Å²) in [4.78, 5) is 29.3. The molecule has 0 aliphatic heterocycles. The fourth-order valence-corrected chi connectivity index (χ4v) is 6.93. The number of amides is 2. The van der Waals surface area contributed by atoms with E-state index in [4.69, 9.17) is 11.6 Å². The highest BCUT2D eigenvalue weighted by Gasteiger charge is 2.34. The maximum Gasteiger partial charge on any atom is 0.264 e. The standard InChI is InChI=1S/C32H38ClN3O4S/c1-2-30(32(38)34-27-16-8-4-9-17-27)35(22-21-25-13-6-3-7-14-25)31(37)24-36(28-18-12-15-26(33)23-28)41(39,40)29-19-10-5-11-20-29/h3,5-7,10-15,18-20,23,27,30H,2,4,8-9,16-17,21-22,24H2,1H3,(H,34,38)/t30-/m1/s1. The molecule has 0 spiro atoms. The smallest absolute Gasteiger partial charge is 0.264 e. The van der Waals surface area contributed by atoms with Crippen LogP contribution >= 0.6 is 11.6 Å². The topological polar surface area (TPSA) is 86.8 Å². The van der Waals surface area contributed by atoms with Crippen LogP contribution in [0.3, 0.4) is 0 Å². The number of hydrogen-bond donors (Lipinski definition) is 1. The van der Waals surface area contributed by atoms with Crippen molar-refractivity contribution in [3.8, 4) is 0 Å². The highest BCUT2D eigenvalue weighted by molar-refractivity contribution is 7.92. The molecule has 0 radical (unpaired) electrons. The average molecular weight is 596 g/mol. The van der Waals surface area contributed by atoms with E-state index in [2.05, 4.69) is 5.32 Å². The molecule has 0 heterocycles. The Morgan fingerprint density at radius 3 is 2.22 bits per heavy atom. The molecule has 1 aliphatic carbocycles. The zero-order chi connectivity index (χ0) is 29.2. The van der Waals surface area contributed by atoms with Gasteiger partial charge in [0, 0.05) is 17.6 Å². The van der Waals surface area contributed by atoms with E-state index in [0.717, 1.165) is 35.6 Å². The number of nitrogens with zero attached hydrogens (tertiary/aromatic N) is 2. The van der Waals surface area contributed by atoms with Crippen LogP contribution in [0.4, 0.5) is 5.69 Å². The van der Waals surface area contributed by atoms with Crippen LogP contribution in [0.1, 0.15) is 51.0 Å². The van der Waals surface area contributed by atoms with Crippen LogP contribution < -0.4 is 9.62 Å². The molecule has 7 nitrogen and oxygen atoms in total. The van der Waals surface area contributed by atoms with Gasteiger partial charge in [0.15, 0.2) is 0 Å². The molecule has 4 rings (SSSR count). The second kappa shape index (κ2) is 14.5. The Hall–Kier alpha value is -3.36. The number of halogens is 1. The van der Waals surface area contributed by atoms with E-state index in [9.17, 15) is 18.0 Å². The Morgan fingerprint density at radius 1 is 0.927 bits per heavy atom. The quantitative estimate of drug-likeness (QED) is 0.285. The predicted octanol–water partition coefficient (Wildman–Crippen LogP) is 5.83. The molecule has 3 aromatic carbocycles. The number of hydrogen-bond acceptors (Lipinski definition) is 4. The van der Waals surface area contributed by atoms with Crippen LogP contribution in [0, 0.1) is 0 Å². The van der Waals surface area contributed by atoms with Crippen LogP contribution in [0.5, 0.6) is 0 Å². The fraction of sp³-hybridized carbons (Fsp3) is 0.375. The molecule has 1 saturated carbocycles. The Morgan fingerprint density at radius 2 is 1.59 bits per heavy atom. The lowest BCUT2D eigenvalue weighted by molar-refractivity contribution is -0.140. The summed E-state index contributed by atoms with van der Waals surface area (Å²) in [7, 11) is -4.12. The Balaban J connectivity index is 1.65. The number of benzene rings is 3. The summed E-state index contributed by atoms with van der Waals surface area (Å²) in [6.45, 7) is 1.68. The van der Waals surface area contributed by atoms with Gasteiger partial charge in [-0.25, -0.2) is 8.42 Å². The molecule has 0 aromatic heterocycles. The molecule has 3 aromatic rings. The molecular weight excluding hydrogens is 558 g/mol. The number of anilines is 1. The van der Waals surface area contributed by atoms with Gasteiger partial charge in [-0.2, -0.15) is 0 Å². The van der Waals surface area contributed by atoms with Crippen LogP contribution in [0.15, 0.2) is 89.8 Å². The molecule has 0 saturated heterocycles. The first-order valence-corrected chi connectivity index (χ1v) is 16.1. The third kappa shape index (κ3) is 8.11. The maximum absolute atomic E-state index is 14.1. The molecule has 41 heavy (non-hydrogen) atoms. The zero-order valence-electron chi connectivity index (χ0n) is 23.4. The van der Waals surface area contributed by atoms with E-state index in [1.807, 2.05) is 37.3 Å². The Bertz CT molecular complexity index is 1400. The number of carbonyl (C=O) groups excluding carboxylic acids is 2. The van der Waals surface area contributed by atoms with Crippen LogP contribution in [0.25, 0.3) is 0 Å². The van der Waals surface area contributed by atoms with E-state index in [0.29, 0.717) is 17.9 Å². The minimum Gasteiger partial charge on any atom is -0.352 e. The van der Waals surface area contributed by atoms with Gasteiger partial charge in [0.05, 0.1) is 10.6 Å². The van der Waals surface area contributed by atoms with Gasteiger partial charge in [0.2, 0.25) is 11.8 Å². The van der Waals surface area contributed by atoms with Crippen molar-refractivity contribution < 1.29 is 18.0 Å². The van der Waals surface area contributed by atoms with Crippen molar-refractivity contribution in [1.29, 1.82) is 0 Å². The number of nitrogens with one attached hydrogen (secondary N) is 1. The normalized spacial score (nSPS) is 14.7. The zero-order valence-corrected chi connectivity index (χ0v) is 25.0. The minimum absolute atomic E-state index is 0.0608. The molecule has 218 valence electrons. The van der Waals surface area contributed by atoms with Gasteiger partial charge < -0.3 is 10.2 Å². The lowest BCUT2D eigenvalue weighted by atomic mass is 9.95. The second-order valence-electron chi connectivity index (χ2n) is 10.4. The van der Waals surface area contributed by atoms with Crippen molar-refractivity contribution in [2.24, 2.45) is 0 Å². The van der Waals surface area contributed by atoms with Gasteiger partial charge in [-0.1, -0.05) is 92.4 Å². The number of rotatable bonds is 12. The summed E-state index contributed by atoms with van der Waals surface area (Å²) in [6.07, 6.45) is 6.11. The molecule has 0 bridgehead atoms. The molecule has 1 N–H and O–H groups in total. The molecule has 0 unspecified atom stereocenters. The van der Waals surface area contributed by atoms with Crippen LogP contribution in [-0.4, -0.2) is 50.3 Å². The molecular formula is C32H38ClN3O4S. The Labute approximate surface area is 248 Å². The van der Waals surface area contributed by atoms with Crippen molar-refractivity contribution in [2.75, 3.05) is 17.4 Å². The van der Waals surface area contributed by atoms with Gasteiger partial charge in [-0.3, -0.25) is 13.9 Å². The van der Waals surface area contributed by atoms with Crippen molar-refractivity contribution >= 4 is 39.1 Å². The summed E-state index contributed by atoms with van der Waals surface area (Å²) in [5.41, 5.74) is 1.30. The third-order valence-corrected chi connectivity index (χ3v) is 9.55. The van der Waals surface area contributed by atoms with Gasteiger partial charge in [0.1, 0.15) is 12.6 Å². The highest BCUT2D eigenvalue weighted by atomic mass is 35.5. The third-order valence-electron chi connectivity index (χ3n) is 7.53. The first-order chi connectivity index (χ1) is 19.8. The van der Waals surface area contributed by atoms with E-state index in [-0.39, 0.29) is 29.1 Å². The van der Waals surface area contributed by atoms with Crippen molar-refractivity contribution in [3.05, 3.63) is 95.5 Å². The average Bonchev–Trinajstić information content (AvgIpc) is 2.99. The van der Waals surface area contributed by atoms with Crippen molar-refractivity contribution in [1.82, 2.24) is 10.2 Å². The van der Waals surface area contributed by atoms with E-state index in [1.54, 1.807) is 41.3 Å².